The number of rotatable bonds is 3. The lowest BCUT2D eigenvalue weighted by Gasteiger charge is -2.34. The second kappa shape index (κ2) is 5.85. The molecule has 2 rings (SSSR count). The van der Waals surface area contributed by atoms with Crippen LogP contribution in [0.3, 0.4) is 0 Å². The van der Waals surface area contributed by atoms with Crippen LogP contribution in [0.2, 0.25) is 10.0 Å². The Morgan fingerprint density at radius 1 is 1.37 bits per heavy atom. The van der Waals surface area contributed by atoms with Crippen molar-refractivity contribution in [3.05, 3.63) is 28.2 Å². The van der Waals surface area contributed by atoms with E-state index in [1.54, 1.807) is 12.1 Å². The normalized spacial score (nSPS) is 20.6. The van der Waals surface area contributed by atoms with Gasteiger partial charge in [0, 0.05) is 24.2 Å². The first-order valence-corrected chi connectivity index (χ1v) is 8.15. The average molecular weight is 324 g/mol. The zero-order valence-corrected chi connectivity index (χ0v) is 12.5. The van der Waals surface area contributed by atoms with Crippen LogP contribution in [-0.2, 0) is 10.2 Å². The van der Waals surface area contributed by atoms with Crippen LogP contribution in [0.15, 0.2) is 18.2 Å². The third-order valence-electron chi connectivity index (χ3n) is 3.00. The molecule has 1 aliphatic heterocycles. The monoisotopic (exact) mass is 323 g/mol. The van der Waals surface area contributed by atoms with Crippen LogP contribution in [0.25, 0.3) is 0 Å². The number of anilines is 1. The molecule has 1 aromatic rings. The molecular weight excluding hydrogens is 309 g/mol. The third-order valence-corrected chi connectivity index (χ3v) is 4.20. The molecule has 0 radical (unpaired) electrons. The summed E-state index contributed by atoms with van der Waals surface area (Å²) in [6.45, 7) is 1.36. The first-order chi connectivity index (χ1) is 8.85. The van der Waals surface area contributed by atoms with Gasteiger partial charge in [0.05, 0.1) is 10.7 Å². The summed E-state index contributed by atoms with van der Waals surface area (Å²) >= 11 is 12.0. The van der Waals surface area contributed by atoms with E-state index >= 15 is 0 Å². The van der Waals surface area contributed by atoms with Crippen LogP contribution in [0, 0.1) is 0 Å². The summed E-state index contributed by atoms with van der Waals surface area (Å²) in [5.74, 6) is 0. The zero-order chi connectivity index (χ0) is 14.0. The number of nitrogens with zero attached hydrogens (tertiary/aromatic N) is 1. The maximum Gasteiger partial charge on any atom is 0.274 e. The van der Waals surface area contributed by atoms with Crippen molar-refractivity contribution in [1.82, 2.24) is 4.72 Å². The molecule has 1 aromatic carbocycles. The Bertz CT molecular complexity index is 565. The van der Waals surface area contributed by atoms with E-state index in [9.17, 15) is 8.42 Å². The first-order valence-electron chi connectivity index (χ1n) is 5.85. The molecule has 0 bridgehead atoms. The van der Waals surface area contributed by atoms with Crippen LogP contribution in [0.5, 0.6) is 0 Å². The van der Waals surface area contributed by atoms with Gasteiger partial charge in [0.1, 0.15) is 0 Å². The van der Waals surface area contributed by atoms with Crippen LogP contribution < -0.4 is 14.8 Å². The summed E-state index contributed by atoms with van der Waals surface area (Å²) in [7, 11) is -3.68. The van der Waals surface area contributed by atoms with Crippen LogP contribution in [0.4, 0.5) is 5.69 Å². The number of nitrogens with two attached hydrogens (primary N) is 1. The Morgan fingerprint density at radius 2 is 2.11 bits per heavy atom. The Kier molecular flexibility index (Phi) is 4.58. The highest BCUT2D eigenvalue weighted by Gasteiger charge is 2.23. The third kappa shape index (κ3) is 4.22. The predicted octanol–water partition coefficient (Wildman–Crippen LogP) is 1.76. The van der Waals surface area contributed by atoms with E-state index in [2.05, 4.69) is 4.72 Å². The van der Waals surface area contributed by atoms with Crippen molar-refractivity contribution in [2.45, 2.75) is 18.9 Å². The van der Waals surface area contributed by atoms with E-state index in [4.69, 9.17) is 28.3 Å². The Balaban J connectivity index is 2.12. The number of nitrogens with one attached hydrogen (secondary N) is 1. The van der Waals surface area contributed by atoms with Crippen molar-refractivity contribution in [2.75, 3.05) is 18.0 Å². The smallest absolute Gasteiger partial charge is 0.274 e. The van der Waals surface area contributed by atoms with Crippen LogP contribution in [0.1, 0.15) is 12.8 Å². The number of piperidine rings is 1. The molecule has 1 aliphatic rings. The molecule has 0 spiro atoms. The van der Waals surface area contributed by atoms with Gasteiger partial charge in [0.2, 0.25) is 0 Å². The van der Waals surface area contributed by atoms with Crippen molar-refractivity contribution >= 4 is 39.1 Å². The molecule has 106 valence electrons. The van der Waals surface area contributed by atoms with Gasteiger partial charge in [-0.1, -0.05) is 23.2 Å². The van der Waals surface area contributed by atoms with E-state index in [-0.39, 0.29) is 6.04 Å². The number of benzene rings is 1. The van der Waals surface area contributed by atoms with Crippen LogP contribution >= 0.6 is 23.2 Å². The lowest BCUT2D eigenvalue weighted by atomic mass is 10.1. The Hall–Kier alpha value is -0.530. The quantitative estimate of drug-likeness (QED) is 0.889. The first kappa shape index (κ1) is 14.9. The van der Waals surface area contributed by atoms with Gasteiger partial charge in [-0.15, -0.1) is 0 Å². The van der Waals surface area contributed by atoms with E-state index in [0.29, 0.717) is 16.6 Å². The van der Waals surface area contributed by atoms with Crippen LogP contribution in [-0.4, -0.2) is 27.5 Å². The highest BCUT2D eigenvalue weighted by molar-refractivity contribution is 7.87. The molecule has 19 heavy (non-hydrogen) atoms. The molecule has 1 saturated heterocycles. The van der Waals surface area contributed by atoms with Crippen molar-refractivity contribution < 1.29 is 8.42 Å². The molecule has 0 aromatic heterocycles. The summed E-state index contributed by atoms with van der Waals surface area (Å²) in [6.07, 6.45) is 1.63. The summed E-state index contributed by atoms with van der Waals surface area (Å²) in [5, 5.41) is 6.13. The van der Waals surface area contributed by atoms with Gasteiger partial charge < -0.3 is 4.90 Å². The van der Waals surface area contributed by atoms with Crippen molar-refractivity contribution in [3.8, 4) is 0 Å². The van der Waals surface area contributed by atoms with Gasteiger partial charge in [-0.05, 0) is 31.0 Å². The highest BCUT2D eigenvalue weighted by atomic mass is 35.5. The van der Waals surface area contributed by atoms with Crippen molar-refractivity contribution in [2.24, 2.45) is 5.14 Å². The second-order valence-electron chi connectivity index (χ2n) is 4.54. The Labute approximate surface area is 122 Å². The van der Waals surface area contributed by atoms with Crippen molar-refractivity contribution in [3.63, 3.8) is 0 Å². The standard InChI is InChI=1S/C11H15Cl2N3O2S/c12-8-3-4-11(10(13)6-8)16-5-1-2-9(7-16)15-19(14,17)18/h3-4,6,9,15H,1-2,5,7H2,(H2,14,17,18). The van der Waals surface area contributed by atoms with Gasteiger partial charge in [0.25, 0.3) is 10.2 Å². The van der Waals surface area contributed by atoms with Crippen molar-refractivity contribution in [1.29, 1.82) is 0 Å². The number of halogens is 2. The topological polar surface area (TPSA) is 75.4 Å². The van der Waals surface area contributed by atoms with E-state index < -0.39 is 10.2 Å². The number of hydrogen-bond donors (Lipinski definition) is 2. The van der Waals surface area contributed by atoms with Gasteiger partial charge in [0.15, 0.2) is 0 Å². The maximum absolute atomic E-state index is 11.1. The summed E-state index contributed by atoms with van der Waals surface area (Å²) in [6, 6.07) is 5.08. The minimum absolute atomic E-state index is 0.199. The molecule has 1 heterocycles. The van der Waals surface area contributed by atoms with E-state index in [1.165, 1.54) is 0 Å². The van der Waals surface area contributed by atoms with Gasteiger partial charge in [-0.3, -0.25) is 0 Å². The fourth-order valence-corrected chi connectivity index (χ4v) is 3.45. The lowest BCUT2D eigenvalue weighted by molar-refractivity contribution is 0.466. The molecule has 3 N–H and O–H groups in total. The Morgan fingerprint density at radius 3 is 2.74 bits per heavy atom. The summed E-state index contributed by atoms with van der Waals surface area (Å²) < 4.78 is 24.5. The molecule has 8 heteroatoms. The minimum Gasteiger partial charge on any atom is -0.369 e. The lowest BCUT2D eigenvalue weighted by Crippen LogP contribution is -2.49. The summed E-state index contributed by atoms with van der Waals surface area (Å²) in [4.78, 5) is 2.03. The molecule has 1 unspecified atom stereocenters. The van der Waals surface area contributed by atoms with E-state index in [0.717, 1.165) is 25.1 Å². The maximum atomic E-state index is 11.1. The molecular formula is C11H15Cl2N3O2S. The zero-order valence-electron chi connectivity index (χ0n) is 10.1. The highest BCUT2D eigenvalue weighted by Crippen LogP contribution is 2.30. The molecule has 1 fully saturated rings. The SMILES string of the molecule is NS(=O)(=O)NC1CCCN(c2ccc(Cl)cc2Cl)C1. The van der Waals surface area contributed by atoms with E-state index in [1.807, 2.05) is 11.0 Å². The van der Waals surface area contributed by atoms with Gasteiger partial charge in [-0.2, -0.15) is 13.1 Å². The average Bonchev–Trinajstić information content (AvgIpc) is 2.26. The predicted molar refractivity (Wildman–Crippen MR) is 77.9 cm³/mol. The molecule has 0 amide bonds. The number of hydrogen-bond acceptors (Lipinski definition) is 3. The fraction of sp³-hybridized carbons (Fsp3) is 0.455. The fourth-order valence-electron chi connectivity index (χ4n) is 2.26. The van der Waals surface area contributed by atoms with Gasteiger partial charge >= 0.3 is 0 Å². The molecule has 1 atom stereocenters. The minimum atomic E-state index is -3.68. The summed E-state index contributed by atoms with van der Waals surface area (Å²) in [5.41, 5.74) is 0.854. The second-order valence-corrected chi connectivity index (χ2v) is 6.71. The van der Waals surface area contributed by atoms with Gasteiger partial charge in [-0.25, -0.2) is 5.14 Å². The molecule has 0 aliphatic carbocycles. The molecule has 0 saturated carbocycles. The molecule has 5 nitrogen and oxygen atoms in total. The largest absolute Gasteiger partial charge is 0.369 e.